The molecule has 172 valence electrons. The number of nitrogens with one attached hydrogen (secondary N) is 1. The van der Waals surface area contributed by atoms with Crippen LogP contribution < -0.4 is 5.32 Å². The lowest BCUT2D eigenvalue weighted by Crippen LogP contribution is -2.39. The quantitative estimate of drug-likeness (QED) is 0.558. The molecule has 0 aromatic heterocycles. The highest BCUT2D eigenvalue weighted by Gasteiger charge is 2.35. The van der Waals surface area contributed by atoms with Crippen LogP contribution in [-0.4, -0.2) is 52.7 Å². The van der Waals surface area contributed by atoms with Crippen LogP contribution in [0.1, 0.15) is 81.6 Å². The van der Waals surface area contributed by atoms with Crippen molar-refractivity contribution >= 4 is 17.7 Å². The predicted molar refractivity (Wildman–Crippen MR) is 126 cm³/mol. The average Bonchev–Trinajstić information content (AvgIpc) is 3.25. The van der Waals surface area contributed by atoms with E-state index in [0.29, 0.717) is 22.7 Å². The number of benzene rings is 2. The van der Waals surface area contributed by atoms with Crippen molar-refractivity contribution < 1.29 is 14.4 Å². The molecule has 1 atom stereocenters. The topological polar surface area (TPSA) is 69.7 Å². The van der Waals surface area contributed by atoms with Crippen LogP contribution >= 0.6 is 0 Å². The Labute approximate surface area is 194 Å². The molecule has 0 bridgehead atoms. The van der Waals surface area contributed by atoms with Crippen LogP contribution in [0.25, 0.3) is 0 Å². The lowest BCUT2D eigenvalue weighted by molar-refractivity contribution is 0.0642. The average molecular weight is 446 g/mol. The smallest absolute Gasteiger partial charge is 0.261 e. The van der Waals surface area contributed by atoms with Gasteiger partial charge in [0.25, 0.3) is 17.7 Å². The van der Waals surface area contributed by atoms with Gasteiger partial charge in [0.15, 0.2) is 0 Å². The Morgan fingerprint density at radius 2 is 1.58 bits per heavy atom. The molecule has 1 saturated heterocycles. The van der Waals surface area contributed by atoms with Gasteiger partial charge in [0.05, 0.1) is 17.7 Å². The molecule has 2 aromatic carbocycles. The summed E-state index contributed by atoms with van der Waals surface area (Å²) in [5.41, 5.74) is 2.22. The highest BCUT2D eigenvalue weighted by Crippen LogP contribution is 2.26. The summed E-state index contributed by atoms with van der Waals surface area (Å²) in [7, 11) is 0. The maximum atomic E-state index is 13.0. The van der Waals surface area contributed by atoms with Crippen LogP contribution in [0.2, 0.25) is 0 Å². The zero-order valence-electron chi connectivity index (χ0n) is 19.0. The summed E-state index contributed by atoms with van der Waals surface area (Å²) in [6.07, 6.45) is 8.87. The van der Waals surface area contributed by atoms with E-state index in [1.807, 2.05) is 12.1 Å². The Bertz CT molecular complexity index is 1020. The first kappa shape index (κ1) is 21.8. The Kier molecular flexibility index (Phi) is 6.27. The molecule has 0 radical (unpaired) electrons. The second kappa shape index (κ2) is 9.48. The number of carbonyl (C=O) groups is 3. The van der Waals surface area contributed by atoms with Crippen LogP contribution in [0, 0.1) is 0 Å². The molecule has 3 aliphatic rings. The van der Waals surface area contributed by atoms with Gasteiger partial charge >= 0.3 is 0 Å². The van der Waals surface area contributed by atoms with Crippen LogP contribution in [0.3, 0.4) is 0 Å². The highest BCUT2D eigenvalue weighted by molar-refractivity contribution is 6.21. The molecule has 2 heterocycles. The lowest BCUT2D eigenvalue weighted by atomic mass is 10.1. The third-order valence-electron chi connectivity index (χ3n) is 7.30. The number of nitrogens with zero attached hydrogens (tertiary/aromatic N) is 2. The number of carbonyl (C=O) groups excluding carboxylic acids is 3. The van der Waals surface area contributed by atoms with Gasteiger partial charge in [0.1, 0.15) is 0 Å². The monoisotopic (exact) mass is 445 g/mol. The van der Waals surface area contributed by atoms with E-state index in [2.05, 4.69) is 10.2 Å². The van der Waals surface area contributed by atoms with Crippen molar-refractivity contribution in [3.05, 3.63) is 70.8 Å². The van der Waals surface area contributed by atoms with Gasteiger partial charge in [-0.1, -0.05) is 49.9 Å². The van der Waals surface area contributed by atoms with Crippen LogP contribution in [0.5, 0.6) is 0 Å². The fourth-order valence-corrected chi connectivity index (χ4v) is 5.50. The first-order chi connectivity index (χ1) is 16.1. The van der Waals surface area contributed by atoms with Crippen molar-refractivity contribution in [3.63, 3.8) is 0 Å². The van der Waals surface area contributed by atoms with Crippen LogP contribution in [0.15, 0.2) is 48.5 Å². The minimum Gasteiger partial charge on any atom is -0.348 e. The van der Waals surface area contributed by atoms with Gasteiger partial charge in [-0.15, -0.1) is 0 Å². The summed E-state index contributed by atoms with van der Waals surface area (Å²) in [4.78, 5) is 42.1. The molecule has 2 aromatic rings. The number of rotatable bonds is 5. The largest absolute Gasteiger partial charge is 0.348 e. The van der Waals surface area contributed by atoms with Gasteiger partial charge in [0, 0.05) is 30.7 Å². The molecule has 0 spiro atoms. The van der Waals surface area contributed by atoms with E-state index in [0.717, 1.165) is 25.1 Å². The molecule has 5 rings (SSSR count). The van der Waals surface area contributed by atoms with Crippen molar-refractivity contribution in [1.29, 1.82) is 0 Å². The second-order valence-corrected chi connectivity index (χ2v) is 9.54. The summed E-state index contributed by atoms with van der Waals surface area (Å²) in [5, 5.41) is 3.20. The van der Waals surface area contributed by atoms with Crippen molar-refractivity contribution in [2.45, 2.75) is 63.6 Å². The fraction of sp³-hybridized carbons (Fsp3) is 0.444. The van der Waals surface area contributed by atoms with E-state index in [9.17, 15) is 14.4 Å². The first-order valence-corrected chi connectivity index (χ1v) is 12.2. The molecule has 1 saturated carbocycles. The second-order valence-electron chi connectivity index (χ2n) is 9.54. The van der Waals surface area contributed by atoms with E-state index >= 15 is 0 Å². The Balaban J connectivity index is 1.20. The van der Waals surface area contributed by atoms with E-state index in [4.69, 9.17) is 0 Å². The lowest BCUT2D eigenvalue weighted by Gasteiger charge is -2.26. The Hall–Kier alpha value is -2.99. The Morgan fingerprint density at radius 1 is 0.879 bits per heavy atom. The van der Waals surface area contributed by atoms with Crippen molar-refractivity contribution in [2.75, 3.05) is 13.1 Å². The molecule has 6 nitrogen and oxygen atoms in total. The molecule has 33 heavy (non-hydrogen) atoms. The summed E-state index contributed by atoms with van der Waals surface area (Å²) in [5.74, 6) is -0.656. The zero-order valence-corrected chi connectivity index (χ0v) is 19.0. The molecule has 1 aliphatic carbocycles. The van der Waals surface area contributed by atoms with Crippen LogP contribution in [0.4, 0.5) is 0 Å². The number of fused-ring (bicyclic) bond motifs is 1. The summed E-state index contributed by atoms with van der Waals surface area (Å²) in [6.45, 7) is 2.13. The van der Waals surface area contributed by atoms with Gasteiger partial charge < -0.3 is 5.32 Å². The van der Waals surface area contributed by atoms with E-state index in [-0.39, 0.29) is 30.3 Å². The minimum atomic E-state index is -0.282. The van der Waals surface area contributed by atoms with Gasteiger partial charge in [-0.3, -0.25) is 24.2 Å². The molecule has 2 fully saturated rings. The van der Waals surface area contributed by atoms with Crippen molar-refractivity contribution in [2.24, 2.45) is 0 Å². The summed E-state index contributed by atoms with van der Waals surface area (Å²) >= 11 is 0. The molecule has 2 aliphatic heterocycles. The van der Waals surface area contributed by atoms with E-state index in [1.54, 1.807) is 36.4 Å². The van der Waals surface area contributed by atoms with Gasteiger partial charge in [-0.05, 0) is 49.1 Å². The van der Waals surface area contributed by atoms with E-state index < -0.39 is 0 Å². The zero-order chi connectivity index (χ0) is 22.8. The van der Waals surface area contributed by atoms with Gasteiger partial charge in [-0.25, -0.2) is 0 Å². The molecule has 3 amide bonds. The number of amides is 3. The highest BCUT2D eigenvalue weighted by atomic mass is 16.2. The number of hydrogen-bond donors (Lipinski definition) is 1. The molecule has 6 heteroatoms. The molecule has 1 N–H and O–H groups in total. The minimum absolute atomic E-state index is 0.0908. The fourth-order valence-electron chi connectivity index (χ4n) is 5.50. The standard InChI is InChI=1S/C27H31N3O3/c31-25(28-21-14-15-29(18-21)22-10-3-1-2-4-11-22)20-9-7-8-19(16-20)17-30-26(32)23-12-5-6-13-24(23)27(30)33/h5-9,12-13,16,21-22H,1-4,10-11,14-15,17-18H2,(H,28,31). The number of hydrogen-bond acceptors (Lipinski definition) is 4. The number of likely N-dealkylation sites (tertiary alicyclic amines) is 1. The van der Waals surface area contributed by atoms with Crippen molar-refractivity contribution in [3.8, 4) is 0 Å². The first-order valence-electron chi connectivity index (χ1n) is 12.2. The van der Waals surface area contributed by atoms with Gasteiger partial charge in [-0.2, -0.15) is 0 Å². The third-order valence-corrected chi connectivity index (χ3v) is 7.30. The molecule has 1 unspecified atom stereocenters. The maximum absolute atomic E-state index is 13.0. The SMILES string of the molecule is O=C(NC1CCN(C2CCCCCC2)C1)c1cccc(CN2C(=O)c3ccccc3C2=O)c1. The van der Waals surface area contributed by atoms with Gasteiger partial charge in [0.2, 0.25) is 0 Å². The van der Waals surface area contributed by atoms with E-state index in [1.165, 1.54) is 43.4 Å². The molecular weight excluding hydrogens is 414 g/mol. The maximum Gasteiger partial charge on any atom is 0.261 e. The Morgan fingerprint density at radius 3 is 2.27 bits per heavy atom. The summed E-state index contributed by atoms with van der Waals surface area (Å²) in [6, 6.07) is 15.0. The summed E-state index contributed by atoms with van der Waals surface area (Å²) < 4.78 is 0. The normalized spacial score (nSPS) is 21.8. The van der Waals surface area contributed by atoms with Crippen molar-refractivity contribution in [1.82, 2.24) is 15.1 Å². The number of imide groups is 1. The van der Waals surface area contributed by atoms with Crippen LogP contribution in [-0.2, 0) is 6.54 Å². The predicted octanol–water partition coefficient (Wildman–Crippen LogP) is 4.01. The third kappa shape index (κ3) is 4.58. The molecular formula is C27H31N3O3.